The first-order valence-corrected chi connectivity index (χ1v) is 7.69. The van der Waals surface area contributed by atoms with Crippen molar-refractivity contribution in [2.45, 2.75) is 25.6 Å². The van der Waals surface area contributed by atoms with Crippen molar-refractivity contribution in [1.29, 1.82) is 0 Å². The van der Waals surface area contributed by atoms with Crippen LogP contribution in [0.4, 0.5) is 23.5 Å². The summed E-state index contributed by atoms with van der Waals surface area (Å²) in [5.41, 5.74) is -1.90. The Hall–Kier alpha value is -2.52. The van der Waals surface area contributed by atoms with Crippen LogP contribution in [0.3, 0.4) is 0 Å². The third kappa shape index (κ3) is 4.12. The van der Waals surface area contributed by atoms with Crippen LogP contribution in [0.2, 0.25) is 0 Å². The zero-order chi connectivity index (χ0) is 18.0. The Morgan fingerprint density at radius 3 is 2.32 bits per heavy atom. The Bertz CT molecular complexity index is 782. The van der Waals surface area contributed by atoms with E-state index in [9.17, 15) is 22.4 Å². The van der Waals surface area contributed by atoms with Crippen LogP contribution in [0.5, 0.6) is 0 Å². The maximum absolute atomic E-state index is 12.8. The fourth-order valence-electron chi connectivity index (χ4n) is 2.78. The predicted molar refractivity (Wildman–Crippen MR) is 80.4 cm³/mol. The van der Waals surface area contributed by atoms with Gasteiger partial charge in [-0.3, -0.25) is 9.36 Å². The van der Waals surface area contributed by atoms with Crippen molar-refractivity contribution < 1.29 is 17.6 Å². The van der Waals surface area contributed by atoms with E-state index in [0.29, 0.717) is 44.5 Å². The molecule has 134 valence electrons. The molecule has 2 aromatic heterocycles. The van der Waals surface area contributed by atoms with Crippen LogP contribution >= 0.6 is 0 Å². The summed E-state index contributed by atoms with van der Waals surface area (Å²) >= 11 is 0. The molecule has 10 heteroatoms. The Morgan fingerprint density at radius 2 is 1.76 bits per heavy atom. The van der Waals surface area contributed by atoms with Crippen molar-refractivity contribution in [2.75, 3.05) is 18.0 Å². The van der Waals surface area contributed by atoms with Gasteiger partial charge in [0.05, 0.1) is 18.7 Å². The average Bonchev–Trinajstić information content (AvgIpc) is 2.57. The number of piperidine rings is 1. The number of hydrogen-bond donors (Lipinski definition) is 0. The molecule has 3 heterocycles. The first-order chi connectivity index (χ1) is 11.8. The third-order valence-electron chi connectivity index (χ3n) is 4.13. The van der Waals surface area contributed by atoms with E-state index in [1.165, 1.54) is 4.57 Å². The molecule has 0 bridgehead atoms. The minimum absolute atomic E-state index is 0.132. The molecular weight excluding hydrogens is 342 g/mol. The quantitative estimate of drug-likeness (QED) is 0.788. The van der Waals surface area contributed by atoms with Crippen LogP contribution in [-0.4, -0.2) is 32.6 Å². The normalized spacial score (nSPS) is 16.2. The molecule has 6 nitrogen and oxygen atoms in total. The summed E-state index contributed by atoms with van der Waals surface area (Å²) in [6, 6.07) is 0.515. The number of anilines is 1. The van der Waals surface area contributed by atoms with Gasteiger partial charge < -0.3 is 4.90 Å². The predicted octanol–water partition coefficient (Wildman–Crippen LogP) is 2.11. The van der Waals surface area contributed by atoms with Crippen molar-refractivity contribution >= 4 is 5.95 Å². The lowest BCUT2D eigenvalue weighted by molar-refractivity contribution is -0.141. The van der Waals surface area contributed by atoms with Crippen LogP contribution in [-0.2, 0) is 12.7 Å². The summed E-state index contributed by atoms with van der Waals surface area (Å²) in [5, 5.41) is 0. The Labute approximate surface area is 140 Å². The number of nitrogens with zero attached hydrogens (tertiary/aromatic N) is 5. The molecule has 1 aliphatic heterocycles. The lowest BCUT2D eigenvalue weighted by Gasteiger charge is -2.32. The van der Waals surface area contributed by atoms with Gasteiger partial charge in [0.1, 0.15) is 0 Å². The number of halogens is 4. The lowest BCUT2D eigenvalue weighted by atomic mass is 9.97. The number of hydrogen-bond acceptors (Lipinski definition) is 5. The molecule has 1 saturated heterocycles. The molecule has 3 rings (SSSR count). The number of alkyl halides is 3. The van der Waals surface area contributed by atoms with Gasteiger partial charge in [-0.2, -0.15) is 13.2 Å². The van der Waals surface area contributed by atoms with Crippen molar-refractivity contribution in [2.24, 2.45) is 5.92 Å². The standard InChI is InChI=1S/C15H15F4N5O/c16-11-6-20-14(21-7-11)23-3-1-10(2-4-23)8-24-9-22-12(5-13(24)25)15(17,18)19/h5-7,9-10H,1-4,8H2. The van der Waals surface area contributed by atoms with Crippen LogP contribution in [0.25, 0.3) is 0 Å². The molecule has 0 aliphatic carbocycles. The summed E-state index contributed by atoms with van der Waals surface area (Å²) < 4.78 is 51.7. The second-order valence-electron chi connectivity index (χ2n) is 5.89. The van der Waals surface area contributed by atoms with Gasteiger partial charge in [0.2, 0.25) is 5.95 Å². The van der Waals surface area contributed by atoms with Crippen LogP contribution in [0.15, 0.2) is 29.6 Å². The largest absolute Gasteiger partial charge is 0.433 e. The highest BCUT2D eigenvalue weighted by Crippen LogP contribution is 2.26. The molecular formula is C15H15F4N5O. The zero-order valence-electron chi connectivity index (χ0n) is 13.1. The maximum Gasteiger partial charge on any atom is 0.433 e. The fourth-order valence-corrected chi connectivity index (χ4v) is 2.78. The van der Waals surface area contributed by atoms with Crippen LogP contribution in [0.1, 0.15) is 18.5 Å². The minimum Gasteiger partial charge on any atom is -0.341 e. The molecule has 0 unspecified atom stereocenters. The molecule has 2 aromatic rings. The van der Waals surface area contributed by atoms with Gasteiger partial charge in [0.25, 0.3) is 5.56 Å². The van der Waals surface area contributed by atoms with Gasteiger partial charge in [-0.15, -0.1) is 0 Å². The molecule has 0 radical (unpaired) electrons. The van der Waals surface area contributed by atoms with E-state index in [2.05, 4.69) is 15.0 Å². The second kappa shape index (κ2) is 6.77. The molecule has 0 N–H and O–H groups in total. The van der Waals surface area contributed by atoms with E-state index >= 15 is 0 Å². The molecule has 1 aliphatic rings. The molecule has 0 amide bonds. The van der Waals surface area contributed by atoms with Gasteiger partial charge in [0, 0.05) is 25.7 Å². The summed E-state index contributed by atoms with van der Waals surface area (Å²) in [4.78, 5) is 24.9. The van der Waals surface area contributed by atoms with Crippen molar-refractivity contribution in [3.63, 3.8) is 0 Å². The first-order valence-electron chi connectivity index (χ1n) is 7.69. The van der Waals surface area contributed by atoms with E-state index in [-0.39, 0.29) is 5.92 Å². The average molecular weight is 357 g/mol. The highest BCUT2D eigenvalue weighted by atomic mass is 19.4. The maximum atomic E-state index is 12.8. The minimum atomic E-state index is -4.63. The fraction of sp³-hybridized carbons (Fsp3) is 0.467. The molecule has 0 spiro atoms. The van der Waals surface area contributed by atoms with E-state index in [4.69, 9.17) is 0 Å². The summed E-state index contributed by atoms with van der Waals surface area (Å²) in [5.74, 6) is 0.0639. The Morgan fingerprint density at radius 1 is 1.12 bits per heavy atom. The van der Waals surface area contributed by atoms with Gasteiger partial charge >= 0.3 is 6.18 Å². The SMILES string of the molecule is O=c1cc(C(F)(F)F)ncn1CC1CCN(c2ncc(F)cn2)CC1. The smallest absolute Gasteiger partial charge is 0.341 e. The highest BCUT2D eigenvalue weighted by Gasteiger charge is 2.33. The molecule has 0 aromatic carbocycles. The van der Waals surface area contributed by atoms with E-state index in [0.717, 1.165) is 18.7 Å². The highest BCUT2D eigenvalue weighted by molar-refractivity contribution is 5.29. The molecule has 1 fully saturated rings. The zero-order valence-corrected chi connectivity index (χ0v) is 13.1. The monoisotopic (exact) mass is 357 g/mol. The number of aromatic nitrogens is 4. The number of rotatable bonds is 3. The summed E-state index contributed by atoms with van der Waals surface area (Å²) in [7, 11) is 0. The van der Waals surface area contributed by atoms with E-state index < -0.39 is 23.2 Å². The summed E-state index contributed by atoms with van der Waals surface area (Å²) in [6.45, 7) is 1.56. The molecule has 0 atom stereocenters. The van der Waals surface area contributed by atoms with Crippen molar-refractivity contribution in [3.8, 4) is 0 Å². The Balaban J connectivity index is 1.61. The topological polar surface area (TPSA) is 63.9 Å². The molecule has 25 heavy (non-hydrogen) atoms. The van der Waals surface area contributed by atoms with Crippen molar-refractivity contribution in [1.82, 2.24) is 19.5 Å². The van der Waals surface area contributed by atoms with Crippen LogP contribution in [0, 0.1) is 11.7 Å². The van der Waals surface area contributed by atoms with Crippen LogP contribution < -0.4 is 10.5 Å². The first kappa shape index (κ1) is 17.3. The van der Waals surface area contributed by atoms with Gasteiger partial charge in [-0.1, -0.05) is 0 Å². The Kier molecular flexibility index (Phi) is 4.69. The van der Waals surface area contributed by atoms with Gasteiger partial charge in [-0.05, 0) is 18.8 Å². The van der Waals surface area contributed by atoms with Crippen molar-refractivity contribution in [3.05, 3.63) is 46.7 Å². The van der Waals surface area contributed by atoms with Gasteiger partial charge in [0.15, 0.2) is 11.5 Å². The van der Waals surface area contributed by atoms with E-state index in [1.807, 2.05) is 4.90 Å². The molecule has 0 saturated carbocycles. The van der Waals surface area contributed by atoms with Gasteiger partial charge in [-0.25, -0.2) is 19.3 Å². The summed E-state index contributed by atoms with van der Waals surface area (Å²) in [6.07, 6.45) is -0.0501. The van der Waals surface area contributed by atoms with E-state index in [1.54, 1.807) is 0 Å². The lowest BCUT2D eigenvalue weighted by Crippen LogP contribution is -2.37. The second-order valence-corrected chi connectivity index (χ2v) is 5.89. The third-order valence-corrected chi connectivity index (χ3v) is 4.13.